The molecule has 0 radical (unpaired) electrons. The number of carbonyl (C=O) groups excluding carboxylic acids is 2. The average molecular weight is 407 g/mol. The van der Waals surface area contributed by atoms with Gasteiger partial charge >= 0.3 is 5.97 Å². The summed E-state index contributed by atoms with van der Waals surface area (Å²) in [5, 5.41) is 10.4. The Bertz CT molecular complexity index is 631. The molecule has 0 aromatic heterocycles. The van der Waals surface area contributed by atoms with E-state index in [2.05, 4.69) is 4.74 Å². The second kappa shape index (κ2) is 12.6. The molecular formula is C22H30O5S. The Labute approximate surface area is 171 Å². The van der Waals surface area contributed by atoms with Gasteiger partial charge in [0.05, 0.1) is 7.11 Å². The summed E-state index contributed by atoms with van der Waals surface area (Å²) in [4.78, 5) is 23.0. The van der Waals surface area contributed by atoms with Crippen LogP contribution in [0, 0.1) is 5.92 Å². The number of ketones is 1. The third kappa shape index (κ3) is 8.48. The van der Waals surface area contributed by atoms with E-state index in [1.54, 1.807) is 6.08 Å². The van der Waals surface area contributed by atoms with Gasteiger partial charge in [-0.1, -0.05) is 36.8 Å². The Kier molecular flexibility index (Phi) is 10.1. The van der Waals surface area contributed by atoms with E-state index in [1.165, 1.54) is 7.11 Å². The van der Waals surface area contributed by atoms with Crippen LogP contribution in [0.4, 0.5) is 0 Å². The summed E-state index contributed by atoms with van der Waals surface area (Å²) in [5.41, 5.74) is 0. The molecule has 0 amide bonds. The monoisotopic (exact) mass is 406 g/mol. The van der Waals surface area contributed by atoms with E-state index < -0.39 is 6.10 Å². The number of Topliss-reactive ketones (excluding diaryl/α,β-unsaturated/α-hetero) is 1. The van der Waals surface area contributed by atoms with Gasteiger partial charge in [0, 0.05) is 24.5 Å². The third-order valence-electron chi connectivity index (χ3n) is 4.70. The predicted octanol–water partition coefficient (Wildman–Crippen LogP) is 3.80. The molecule has 1 aliphatic carbocycles. The molecule has 1 N–H and O–H groups in total. The van der Waals surface area contributed by atoms with Crippen LogP contribution in [0.2, 0.25) is 0 Å². The lowest BCUT2D eigenvalue weighted by Gasteiger charge is -2.16. The molecule has 1 fully saturated rings. The number of carbonyl (C=O) groups is 2. The molecule has 3 atom stereocenters. The average Bonchev–Trinajstić information content (AvgIpc) is 3.07. The molecule has 0 bridgehead atoms. The minimum Gasteiger partial charge on any atom is -0.491 e. The number of rotatable bonds is 12. The molecule has 0 aliphatic heterocycles. The molecule has 5 nitrogen and oxygen atoms in total. The highest BCUT2D eigenvalue weighted by Gasteiger charge is 2.31. The Morgan fingerprint density at radius 3 is 2.79 bits per heavy atom. The second-order valence-corrected chi connectivity index (χ2v) is 8.33. The first-order chi connectivity index (χ1) is 13.6. The lowest BCUT2D eigenvalue weighted by Crippen LogP contribution is -2.16. The Hall–Kier alpha value is -1.79. The van der Waals surface area contributed by atoms with Crippen molar-refractivity contribution < 1.29 is 24.2 Å². The topological polar surface area (TPSA) is 72.8 Å². The number of benzene rings is 1. The van der Waals surface area contributed by atoms with Gasteiger partial charge in [-0.25, -0.2) is 0 Å². The first kappa shape index (κ1) is 22.5. The maximum Gasteiger partial charge on any atom is 0.305 e. The van der Waals surface area contributed by atoms with Gasteiger partial charge in [-0.2, -0.15) is 11.8 Å². The fraction of sp³-hybridized carbons (Fsp3) is 0.545. The van der Waals surface area contributed by atoms with E-state index in [1.807, 2.05) is 48.2 Å². The molecule has 154 valence electrons. The number of para-hydroxylation sites is 1. The van der Waals surface area contributed by atoms with E-state index >= 15 is 0 Å². The number of aliphatic hydroxyl groups is 1. The van der Waals surface area contributed by atoms with Crippen molar-refractivity contribution >= 4 is 23.5 Å². The number of unbranched alkanes of at least 4 members (excludes halogenated alkanes) is 2. The molecular weight excluding hydrogens is 376 g/mol. The van der Waals surface area contributed by atoms with Crippen LogP contribution in [0.1, 0.15) is 38.5 Å². The highest BCUT2D eigenvalue weighted by atomic mass is 32.2. The van der Waals surface area contributed by atoms with Crippen LogP contribution >= 0.6 is 11.8 Å². The van der Waals surface area contributed by atoms with Crippen LogP contribution in [0.25, 0.3) is 0 Å². The highest BCUT2D eigenvalue weighted by molar-refractivity contribution is 7.99. The predicted molar refractivity (Wildman–Crippen MR) is 112 cm³/mol. The number of hydrogen-bond donors (Lipinski definition) is 1. The Morgan fingerprint density at radius 1 is 1.25 bits per heavy atom. The zero-order valence-electron chi connectivity index (χ0n) is 16.4. The molecule has 1 aromatic rings. The standard InChI is InChI=1S/C22H30O5S/c1-26-22(25)10-6-3-7-13-28-21-15-19(24)14-17(21)11-12-18(23)16-27-20-8-4-2-5-9-20/h2,4-5,8-9,11-12,17-18,21,23H,3,6-7,10,13-16H2,1H3/b12-11+/t17-,18+,21-/m0/s1. The first-order valence-electron chi connectivity index (χ1n) is 9.83. The van der Waals surface area contributed by atoms with Gasteiger partial charge in [-0.05, 0) is 36.6 Å². The fourth-order valence-electron chi connectivity index (χ4n) is 3.14. The summed E-state index contributed by atoms with van der Waals surface area (Å²) in [6.45, 7) is 0.194. The summed E-state index contributed by atoms with van der Waals surface area (Å²) in [6.07, 6.45) is 7.48. The maximum absolute atomic E-state index is 11.9. The van der Waals surface area contributed by atoms with Crippen molar-refractivity contribution in [3.05, 3.63) is 42.5 Å². The summed E-state index contributed by atoms with van der Waals surface area (Å²) in [5.74, 6) is 2.00. The zero-order chi connectivity index (χ0) is 20.2. The summed E-state index contributed by atoms with van der Waals surface area (Å²) in [7, 11) is 1.41. The van der Waals surface area contributed by atoms with E-state index in [-0.39, 0.29) is 29.5 Å². The van der Waals surface area contributed by atoms with E-state index in [9.17, 15) is 14.7 Å². The number of allylic oxidation sites excluding steroid dienone is 1. The molecule has 28 heavy (non-hydrogen) atoms. The molecule has 0 spiro atoms. The van der Waals surface area contributed by atoms with Crippen LogP contribution in [0.5, 0.6) is 5.75 Å². The van der Waals surface area contributed by atoms with Gasteiger partial charge in [0.25, 0.3) is 0 Å². The number of thioether (sulfide) groups is 1. The number of ether oxygens (including phenoxy) is 2. The number of esters is 1. The van der Waals surface area contributed by atoms with Gasteiger partial charge in [0.2, 0.25) is 0 Å². The summed E-state index contributed by atoms with van der Waals surface area (Å²) in [6, 6.07) is 9.39. The fourth-order valence-corrected chi connectivity index (χ4v) is 4.55. The largest absolute Gasteiger partial charge is 0.491 e. The van der Waals surface area contributed by atoms with Crippen LogP contribution in [-0.2, 0) is 14.3 Å². The second-order valence-electron chi connectivity index (χ2n) is 6.98. The minimum atomic E-state index is -0.695. The maximum atomic E-state index is 11.9. The normalized spacial score (nSPS) is 20.4. The molecule has 1 aliphatic rings. The van der Waals surface area contributed by atoms with Crippen molar-refractivity contribution in [2.45, 2.75) is 49.9 Å². The van der Waals surface area contributed by atoms with Crippen LogP contribution in [0.3, 0.4) is 0 Å². The van der Waals surface area contributed by atoms with Gasteiger partial charge < -0.3 is 14.6 Å². The molecule has 0 saturated heterocycles. The number of aliphatic hydroxyl groups excluding tert-OH is 1. The van der Waals surface area contributed by atoms with E-state index in [0.717, 1.165) is 30.8 Å². The quantitative estimate of drug-likeness (QED) is 0.323. The first-order valence-corrected chi connectivity index (χ1v) is 10.9. The summed E-state index contributed by atoms with van der Waals surface area (Å²) < 4.78 is 10.2. The molecule has 2 rings (SSSR count). The Morgan fingerprint density at radius 2 is 2.04 bits per heavy atom. The molecule has 1 aromatic carbocycles. The smallest absolute Gasteiger partial charge is 0.305 e. The van der Waals surface area contributed by atoms with Gasteiger partial charge in [-0.3, -0.25) is 9.59 Å². The highest BCUT2D eigenvalue weighted by Crippen LogP contribution is 2.34. The lowest BCUT2D eigenvalue weighted by molar-refractivity contribution is -0.140. The number of hydrogen-bond acceptors (Lipinski definition) is 6. The molecule has 0 heterocycles. The molecule has 0 unspecified atom stereocenters. The Balaban J connectivity index is 1.68. The van der Waals surface area contributed by atoms with Crippen LogP contribution in [-0.4, -0.2) is 47.7 Å². The van der Waals surface area contributed by atoms with Crippen molar-refractivity contribution in [3.63, 3.8) is 0 Å². The van der Waals surface area contributed by atoms with Crippen molar-refractivity contribution in [1.82, 2.24) is 0 Å². The van der Waals surface area contributed by atoms with Crippen molar-refractivity contribution in [2.75, 3.05) is 19.5 Å². The van der Waals surface area contributed by atoms with Crippen molar-refractivity contribution in [3.8, 4) is 5.75 Å². The van der Waals surface area contributed by atoms with Crippen molar-refractivity contribution in [1.29, 1.82) is 0 Å². The SMILES string of the molecule is COC(=O)CCCCCS[C@H]1CC(=O)C[C@@H]1/C=C/[C@@H](O)COc1ccccc1. The van der Waals surface area contributed by atoms with Crippen molar-refractivity contribution in [2.24, 2.45) is 5.92 Å². The molecule has 1 saturated carbocycles. The van der Waals surface area contributed by atoms with E-state index in [4.69, 9.17) is 4.74 Å². The van der Waals surface area contributed by atoms with Gasteiger partial charge in [0.1, 0.15) is 24.2 Å². The molecule has 6 heteroatoms. The third-order valence-corrected chi connectivity index (χ3v) is 6.17. The van der Waals surface area contributed by atoms with Gasteiger partial charge in [-0.15, -0.1) is 0 Å². The summed E-state index contributed by atoms with van der Waals surface area (Å²) >= 11 is 1.82. The van der Waals surface area contributed by atoms with Gasteiger partial charge in [0.15, 0.2) is 0 Å². The lowest BCUT2D eigenvalue weighted by atomic mass is 10.1. The van der Waals surface area contributed by atoms with E-state index in [0.29, 0.717) is 19.3 Å². The minimum absolute atomic E-state index is 0.158. The number of methoxy groups -OCH3 is 1. The van der Waals surface area contributed by atoms with Crippen LogP contribution in [0.15, 0.2) is 42.5 Å². The zero-order valence-corrected chi connectivity index (χ0v) is 17.2. The van der Waals surface area contributed by atoms with Crippen LogP contribution < -0.4 is 4.74 Å².